The second-order valence-corrected chi connectivity index (χ2v) is 5.48. The van der Waals surface area contributed by atoms with Crippen molar-refractivity contribution < 1.29 is 9.90 Å². The third-order valence-corrected chi connectivity index (χ3v) is 3.85. The summed E-state index contributed by atoms with van der Waals surface area (Å²) < 4.78 is 0. The standard InChI is InChI=1S/C14H21N3O3/c1-8-12(9(2)16-14(20)15-8)7-13(19)17-10-3-5-11(18)6-4-10/h10-11,18H,3-7H2,1-2H3,(H,17,19)(H,15,16,20). The third-order valence-electron chi connectivity index (χ3n) is 3.85. The number of carbonyl (C=O) groups is 1. The number of hydrogen-bond donors (Lipinski definition) is 3. The van der Waals surface area contributed by atoms with Crippen molar-refractivity contribution in [1.82, 2.24) is 15.3 Å². The van der Waals surface area contributed by atoms with Crippen molar-refractivity contribution in [3.05, 3.63) is 27.4 Å². The first-order valence-corrected chi connectivity index (χ1v) is 6.99. The van der Waals surface area contributed by atoms with E-state index in [-0.39, 0.29) is 30.2 Å². The highest BCUT2D eigenvalue weighted by Crippen LogP contribution is 2.18. The molecule has 20 heavy (non-hydrogen) atoms. The van der Waals surface area contributed by atoms with Crippen LogP contribution in [0.4, 0.5) is 0 Å². The molecule has 1 heterocycles. The summed E-state index contributed by atoms with van der Waals surface area (Å²) in [6, 6.07) is 0.141. The molecule has 0 saturated heterocycles. The minimum Gasteiger partial charge on any atom is -0.393 e. The van der Waals surface area contributed by atoms with E-state index in [4.69, 9.17) is 0 Å². The number of aliphatic hydroxyl groups is 1. The van der Waals surface area contributed by atoms with Crippen LogP contribution < -0.4 is 11.0 Å². The van der Waals surface area contributed by atoms with Crippen LogP contribution in [0.1, 0.15) is 42.6 Å². The highest BCUT2D eigenvalue weighted by Gasteiger charge is 2.21. The molecule has 0 aliphatic heterocycles. The van der Waals surface area contributed by atoms with Gasteiger partial charge in [0.2, 0.25) is 5.91 Å². The van der Waals surface area contributed by atoms with Gasteiger partial charge in [0.15, 0.2) is 0 Å². The molecule has 1 aromatic rings. The first-order valence-electron chi connectivity index (χ1n) is 6.99. The molecule has 0 radical (unpaired) electrons. The molecular weight excluding hydrogens is 258 g/mol. The van der Waals surface area contributed by atoms with Gasteiger partial charge in [-0.05, 0) is 39.5 Å². The Hall–Kier alpha value is -1.69. The average molecular weight is 279 g/mol. The van der Waals surface area contributed by atoms with Gasteiger partial charge in [-0.2, -0.15) is 4.98 Å². The average Bonchev–Trinajstić information content (AvgIpc) is 2.36. The molecule has 3 N–H and O–H groups in total. The molecule has 110 valence electrons. The van der Waals surface area contributed by atoms with E-state index >= 15 is 0 Å². The normalized spacial score (nSPS) is 22.6. The van der Waals surface area contributed by atoms with E-state index in [0.717, 1.165) is 31.2 Å². The van der Waals surface area contributed by atoms with Crippen LogP contribution in [-0.4, -0.2) is 33.1 Å². The number of amides is 1. The zero-order valence-corrected chi connectivity index (χ0v) is 11.9. The Morgan fingerprint density at radius 2 is 2.00 bits per heavy atom. The number of aryl methyl sites for hydroxylation is 2. The molecule has 0 aromatic carbocycles. The van der Waals surface area contributed by atoms with E-state index in [2.05, 4.69) is 15.3 Å². The Morgan fingerprint density at radius 1 is 1.35 bits per heavy atom. The minimum atomic E-state index is -0.384. The number of hydrogen-bond acceptors (Lipinski definition) is 4. The molecule has 1 aromatic heterocycles. The maximum absolute atomic E-state index is 12.1. The summed E-state index contributed by atoms with van der Waals surface area (Å²) in [5, 5.41) is 12.4. The first kappa shape index (κ1) is 14.7. The lowest BCUT2D eigenvalue weighted by atomic mass is 9.93. The van der Waals surface area contributed by atoms with Crippen LogP contribution in [0.15, 0.2) is 4.79 Å². The summed E-state index contributed by atoms with van der Waals surface area (Å²) in [6.45, 7) is 3.51. The van der Waals surface area contributed by atoms with Crippen molar-refractivity contribution in [1.29, 1.82) is 0 Å². The third kappa shape index (κ3) is 3.66. The largest absolute Gasteiger partial charge is 0.393 e. The lowest BCUT2D eigenvalue weighted by molar-refractivity contribution is -0.121. The van der Waals surface area contributed by atoms with Gasteiger partial charge >= 0.3 is 5.69 Å². The number of nitrogens with one attached hydrogen (secondary N) is 2. The number of aliphatic hydroxyl groups excluding tert-OH is 1. The topological polar surface area (TPSA) is 95.1 Å². The molecular formula is C14H21N3O3. The second-order valence-electron chi connectivity index (χ2n) is 5.48. The van der Waals surface area contributed by atoms with Crippen LogP contribution in [0, 0.1) is 13.8 Å². The molecule has 1 aliphatic carbocycles. The Morgan fingerprint density at radius 3 is 2.60 bits per heavy atom. The molecule has 1 aliphatic rings. The van der Waals surface area contributed by atoms with Crippen LogP contribution in [0.3, 0.4) is 0 Å². The fourth-order valence-electron chi connectivity index (χ4n) is 2.67. The molecule has 1 fully saturated rings. The zero-order chi connectivity index (χ0) is 14.7. The van der Waals surface area contributed by atoms with Gasteiger partial charge in [-0.15, -0.1) is 0 Å². The molecule has 1 amide bonds. The van der Waals surface area contributed by atoms with E-state index in [9.17, 15) is 14.7 Å². The molecule has 1 saturated carbocycles. The Bertz CT molecular complexity index is 519. The van der Waals surface area contributed by atoms with Crippen molar-refractivity contribution >= 4 is 5.91 Å². The SMILES string of the molecule is Cc1nc(=O)[nH]c(C)c1CC(=O)NC1CCC(O)CC1. The van der Waals surface area contributed by atoms with Crippen LogP contribution in [0.25, 0.3) is 0 Å². The number of carbonyl (C=O) groups excluding carboxylic acids is 1. The summed E-state index contributed by atoms with van der Waals surface area (Å²) in [7, 11) is 0. The highest BCUT2D eigenvalue weighted by molar-refractivity contribution is 5.79. The van der Waals surface area contributed by atoms with Crippen molar-refractivity contribution in [2.75, 3.05) is 0 Å². The number of aromatic amines is 1. The van der Waals surface area contributed by atoms with Crippen molar-refractivity contribution in [3.8, 4) is 0 Å². The molecule has 6 nitrogen and oxygen atoms in total. The van der Waals surface area contributed by atoms with Gasteiger partial charge in [0.25, 0.3) is 0 Å². The van der Waals surface area contributed by atoms with Crippen LogP contribution in [0.5, 0.6) is 0 Å². The summed E-state index contributed by atoms with van der Waals surface area (Å²) in [5.74, 6) is -0.0635. The second kappa shape index (κ2) is 6.17. The maximum Gasteiger partial charge on any atom is 0.345 e. The number of rotatable bonds is 3. The molecule has 0 atom stereocenters. The van der Waals surface area contributed by atoms with Crippen molar-refractivity contribution in [2.45, 2.75) is 58.1 Å². The molecule has 0 unspecified atom stereocenters. The highest BCUT2D eigenvalue weighted by atomic mass is 16.3. The van der Waals surface area contributed by atoms with Gasteiger partial charge in [-0.25, -0.2) is 4.79 Å². The summed E-state index contributed by atoms with van der Waals surface area (Å²) in [4.78, 5) is 29.7. The zero-order valence-electron chi connectivity index (χ0n) is 11.9. The van der Waals surface area contributed by atoms with E-state index in [1.165, 1.54) is 0 Å². The summed E-state index contributed by atoms with van der Waals surface area (Å²) >= 11 is 0. The smallest absolute Gasteiger partial charge is 0.345 e. The van der Waals surface area contributed by atoms with Gasteiger partial charge < -0.3 is 15.4 Å². The van der Waals surface area contributed by atoms with Gasteiger partial charge in [-0.1, -0.05) is 0 Å². The van der Waals surface area contributed by atoms with Gasteiger partial charge in [0.05, 0.1) is 12.5 Å². The fourth-order valence-corrected chi connectivity index (χ4v) is 2.67. The van der Waals surface area contributed by atoms with Gasteiger partial charge in [0.1, 0.15) is 0 Å². The molecule has 2 rings (SSSR count). The Balaban J connectivity index is 1.97. The van der Waals surface area contributed by atoms with E-state index in [1.54, 1.807) is 13.8 Å². The lowest BCUT2D eigenvalue weighted by Gasteiger charge is -2.26. The maximum atomic E-state index is 12.1. The van der Waals surface area contributed by atoms with E-state index < -0.39 is 0 Å². The van der Waals surface area contributed by atoms with Crippen LogP contribution in [-0.2, 0) is 11.2 Å². The van der Waals surface area contributed by atoms with E-state index in [0.29, 0.717) is 11.4 Å². The van der Waals surface area contributed by atoms with Crippen LogP contribution >= 0.6 is 0 Å². The molecule has 0 spiro atoms. The number of H-pyrrole nitrogens is 1. The number of aromatic nitrogens is 2. The minimum absolute atomic E-state index is 0.0635. The Kier molecular flexibility index (Phi) is 4.54. The van der Waals surface area contributed by atoms with Crippen molar-refractivity contribution in [2.24, 2.45) is 0 Å². The van der Waals surface area contributed by atoms with Gasteiger partial charge in [0, 0.05) is 23.0 Å². The Labute approximate surface area is 117 Å². The first-order chi connectivity index (χ1) is 9.45. The lowest BCUT2D eigenvalue weighted by Crippen LogP contribution is -2.39. The monoisotopic (exact) mass is 279 g/mol. The quantitative estimate of drug-likeness (QED) is 0.744. The van der Waals surface area contributed by atoms with E-state index in [1.807, 2.05) is 0 Å². The number of nitrogens with zero attached hydrogens (tertiary/aromatic N) is 1. The fraction of sp³-hybridized carbons (Fsp3) is 0.643. The van der Waals surface area contributed by atoms with Crippen molar-refractivity contribution in [3.63, 3.8) is 0 Å². The molecule has 0 bridgehead atoms. The molecule has 6 heteroatoms. The summed E-state index contributed by atoms with van der Waals surface area (Å²) in [5.41, 5.74) is 1.68. The van der Waals surface area contributed by atoms with Gasteiger partial charge in [-0.3, -0.25) is 4.79 Å². The predicted octanol–water partition coefficient (Wildman–Crippen LogP) is 0.349. The predicted molar refractivity (Wildman–Crippen MR) is 74.4 cm³/mol. The summed E-state index contributed by atoms with van der Waals surface area (Å²) in [6.07, 6.45) is 3.10. The van der Waals surface area contributed by atoms with Crippen LogP contribution in [0.2, 0.25) is 0 Å².